The minimum atomic E-state index is 0.0883. The molecule has 0 spiro atoms. The number of anilines is 1. The molecule has 0 aromatic carbocycles. The second kappa shape index (κ2) is 3.68. The molecule has 2 rings (SSSR count). The molecule has 2 aromatic rings. The third-order valence-corrected chi connectivity index (χ3v) is 2.44. The Bertz CT molecular complexity index is 401. The highest BCUT2D eigenvalue weighted by molar-refractivity contribution is 7.17. The van der Waals surface area contributed by atoms with Crippen LogP contribution >= 0.6 is 11.3 Å². The second-order valence-corrected chi connectivity index (χ2v) is 3.46. The number of hydrogen-bond donors (Lipinski definition) is 2. The van der Waals surface area contributed by atoms with E-state index in [0.717, 1.165) is 10.2 Å². The van der Waals surface area contributed by atoms with Crippen LogP contribution in [-0.4, -0.2) is 28.2 Å². The molecule has 0 aliphatic rings. The van der Waals surface area contributed by atoms with Gasteiger partial charge in [0, 0.05) is 6.54 Å². The molecule has 0 amide bonds. The van der Waals surface area contributed by atoms with Crippen LogP contribution in [0, 0.1) is 0 Å². The third-order valence-electron chi connectivity index (χ3n) is 1.60. The molecule has 0 atom stereocenters. The van der Waals surface area contributed by atoms with Crippen LogP contribution in [0.5, 0.6) is 0 Å². The summed E-state index contributed by atoms with van der Waals surface area (Å²) in [4.78, 5) is 8.34. The van der Waals surface area contributed by atoms with Crippen LogP contribution in [0.15, 0.2) is 17.6 Å². The third kappa shape index (κ3) is 1.76. The fourth-order valence-electron chi connectivity index (χ4n) is 1.02. The molecule has 2 aromatic heterocycles. The fraction of sp³-hybridized carbons (Fsp3) is 0.250. The summed E-state index contributed by atoms with van der Waals surface area (Å²) < 4.78 is 1.08. The van der Waals surface area contributed by atoms with Crippen molar-refractivity contribution >= 4 is 27.5 Å². The Morgan fingerprint density at radius 1 is 1.54 bits per heavy atom. The molecule has 0 aliphatic carbocycles. The molecule has 4 nitrogen and oxygen atoms in total. The molecule has 2 N–H and O–H groups in total. The predicted octanol–water partition coefficient (Wildman–Crippen LogP) is 1.10. The Hall–Kier alpha value is -1.20. The first-order valence-electron chi connectivity index (χ1n) is 3.95. The van der Waals surface area contributed by atoms with Crippen molar-refractivity contribution in [3.05, 3.63) is 17.6 Å². The Balaban J connectivity index is 2.26. The van der Waals surface area contributed by atoms with E-state index in [1.54, 1.807) is 17.5 Å². The molecule has 0 saturated carbocycles. The first-order chi connectivity index (χ1) is 6.40. The van der Waals surface area contributed by atoms with Crippen LogP contribution in [0.25, 0.3) is 10.2 Å². The zero-order valence-electron chi connectivity index (χ0n) is 6.90. The second-order valence-electron chi connectivity index (χ2n) is 2.51. The number of hydrogen-bond acceptors (Lipinski definition) is 5. The summed E-state index contributed by atoms with van der Waals surface area (Å²) in [5.74, 6) is 0.569. The highest BCUT2D eigenvalue weighted by Crippen LogP contribution is 2.18. The Morgan fingerprint density at radius 3 is 3.31 bits per heavy atom. The molecule has 0 bridgehead atoms. The van der Waals surface area contributed by atoms with E-state index in [1.165, 1.54) is 0 Å². The number of nitrogens with one attached hydrogen (secondary N) is 1. The van der Waals surface area contributed by atoms with Gasteiger partial charge in [0.25, 0.3) is 0 Å². The van der Waals surface area contributed by atoms with E-state index >= 15 is 0 Å². The molecule has 0 radical (unpaired) electrons. The van der Waals surface area contributed by atoms with Gasteiger partial charge < -0.3 is 10.4 Å². The van der Waals surface area contributed by atoms with Gasteiger partial charge >= 0.3 is 0 Å². The first-order valence-corrected chi connectivity index (χ1v) is 4.83. The molecule has 0 unspecified atom stereocenters. The van der Waals surface area contributed by atoms with Crippen molar-refractivity contribution in [3.63, 3.8) is 0 Å². The maximum Gasteiger partial charge on any atom is 0.223 e. The average Bonchev–Trinajstić information content (AvgIpc) is 2.61. The van der Waals surface area contributed by atoms with Crippen LogP contribution in [0.1, 0.15) is 0 Å². The van der Waals surface area contributed by atoms with Crippen LogP contribution in [0.2, 0.25) is 0 Å². The molecule has 2 heterocycles. The minimum Gasteiger partial charge on any atom is -0.395 e. The van der Waals surface area contributed by atoms with Crippen molar-refractivity contribution in [2.75, 3.05) is 18.5 Å². The maximum absolute atomic E-state index is 8.58. The van der Waals surface area contributed by atoms with Crippen LogP contribution < -0.4 is 5.32 Å². The zero-order chi connectivity index (χ0) is 9.10. The normalized spacial score (nSPS) is 10.5. The van der Waals surface area contributed by atoms with Crippen molar-refractivity contribution in [2.45, 2.75) is 0 Å². The molecule has 0 saturated heterocycles. The SMILES string of the molecule is OCCNc1ncc2sccc2n1. The van der Waals surface area contributed by atoms with Gasteiger partial charge in [0.1, 0.15) is 0 Å². The number of rotatable bonds is 3. The van der Waals surface area contributed by atoms with Crippen LogP contribution in [0.4, 0.5) is 5.95 Å². The highest BCUT2D eigenvalue weighted by Gasteiger charge is 1.98. The van der Waals surface area contributed by atoms with Gasteiger partial charge in [0.15, 0.2) is 0 Å². The van der Waals surface area contributed by atoms with E-state index in [9.17, 15) is 0 Å². The summed E-state index contributed by atoms with van der Waals surface area (Å²) in [6, 6.07) is 1.95. The van der Waals surface area contributed by atoms with E-state index < -0.39 is 0 Å². The maximum atomic E-state index is 8.58. The topological polar surface area (TPSA) is 58.0 Å². The van der Waals surface area contributed by atoms with Crippen molar-refractivity contribution in [1.82, 2.24) is 9.97 Å². The fourth-order valence-corrected chi connectivity index (χ4v) is 1.71. The summed E-state index contributed by atoms with van der Waals surface area (Å²) in [6.45, 7) is 0.570. The molecule has 68 valence electrons. The minimum absolute atomic E-state index is 0.0883. The number of aliphatic hydroxyl groups excluding tert-OH is 1. The highest BCUT2D eigenvalue weighted by atomic mass is 32.1. The molecule has 0 aliphatic heterocycles. The van der Waals surface area contributed by atoms with Crippen molar-refractivity contribution in [3.8, 4) is 0 Å². The van der Waals surface area contributed by atoms with Crippen LogP contribution in [-0.2, 0) is 0 Å². The quantitative estimate of drug-likeness (QED) is 0.770. The van der Waals surface area contributed by atoms with Crippen LogP contribution in [0.3, 0.4) is 0 Å². The lowest BCUT2D eigenvalue weighted by Gasteiger charge is -2.00. The Labute approximate surface area is 79.3 Å². The van der Waals surface area contributed by atoms with Crippen molar-refractivity contribution in [2.24, 2.45) is 0 Å². The average molecular weight is 195 g/mol. The first kappa shape index (κ1) is 8.40. The molecular weight excluding hydrogens is 186 g/mol. The predicted molar refractivity (Wildman–Crippen MR) is 53.0 cm³/mol. The van der Waals surface area contributed by atoms with Gasteiger partial charge in [-0.05, 0) is 11.4 Å². The van der Waals surface area contributed by atoms with Gasteiger partial charge in [0.05, 0.1) is 23.0 Å². The van der Waals surface area contributed by atoms with E-state index in [4.69, 9.17) is 5.11 Å². The Morgan fingerprint density at radius 2 is 2.46 bits per heavy atom. The van der Waals surface area contributed by atoms with Crippen molar-refractivity contribution in [1.29, 1.82) is 0 Å². The van der Waals surface area contributed by atoms with Gasteiger partial charge in [0.2, 0.25) is 5.95 Å². The number of thiophene rings is 1. The Kier molecular flexibility index (Phi) is 2.37. The summed E-state index contributed by atoms with van der Waals surface area (Å²) in [7, 11) is 0. The van der Waals surface area contributed by atoms with Gasteiger partial charge in [-0.25, -0.2) is 9.97 Å². The lowest BCUT2D eigenvalue weighted by Crippen LogP contribution is -2.08. The molecule has 5 heteroatoms. The monoisotopic (exact) mass is 195 g/mol. The number of aromatic nitrogens is 2. The number of fused-ring (bicyclic) bond motifs is 1. The molecule has 0 fully saturated rings. The summed E-state index contributed by atoms with van der Waals surface area (Å²) >= 11 is 1.62. The van der Waals surface area contributed by atoms with E-state index in [0.29, 0.717) is 12.5 Å². The van der Waals surface area contributed by atoms with Gasteiger partial charge in [-0.3, -0.25) is 0 Å². The summed E-state index contributed by atoms with van der Waals surface area (Å²) in [6.07, 6.45) is 1.78. The molecule has 13 heavy (non-hydrogen) atoms. The van der Waals surface area contributed by atoms with E-state index in [1.807, 2.05) is 11.4 Å². The largest absolute Gasteiger partial charge is 0.395 e. The van der Waals surface area contributed by atoms with Gasteiger partial charge in [-0.2, -0.15) is 0 Å². The zero-order valence-corrected chi connectivity index (χ0v) is 7.71. The summed E-state index contributed by atoms with van der Waals surface area (Å²) in [5.41, 5.74) is 0.945. The van der Waals surface area contributed by atoms with Gasteiger partial charge in [-0.1, -0.05) is 0 Å². The standard InChI is InChI=1S/C8H9N3OS/c12-3-2-9-8-10-5-7-6(11-8)1-4-13-7/h1,4-5,12H,2-3H2,(H,9,10,11). The summed E-state index contributed by atoms with van der Waals surface area (Å²) in [5, 5.41) is 13.5. The van der Waals surface area contributed by atoms with Gasteiger partial charge in [-0.15, -0.1) is 11.3 Å². The number of nitrogens with zero attached hydrogens (tertiary/aromatic N) is 2. The lowest BCUT2D eigenvalue weighted by atomic mass is 10.5. The van der Waals surface area contributed by atoms with Crippen molar-refractivity contribution < 1.29 is 5.11 Å². The van der Waals surface area contributed by atoms with E-state index in [2.05, 4.69) is 15.3 Å². The number of aliphatic hydroxyl groups is 1. The smallest absolute Gasteiger partial charge is 0.223 e. The van der Waals surface area contributed by atoms with E-state index in [-0.39, 0.29) is 6.61 Å². The molecular formula is C8H9N3OS. The lowest BCUT2D eigenvalue weighted by molar-refractivity contribution is 0.311.